The number of nitrogens with one attached hydrogen (secondary N) is 2. The van der Waals surface area contributed by atoms with Crippen LogP contribution >= 0.6 is 23.2 Å². The van der Waals surface area contributed by atoms with Crippen LogP contribution in [0, 0.1) is 13.8 Å². The number of carbonyl (C=O) groups excluding carboxylic acids is 2. The topological polar surface area (TPSA) is 123 Å². The largest absolute Gasteiger partial charge is 0.392 e. The van der Waals surface area contributed by atoms with Gasteiger partial charge in [0.1, 0.15) is 0 Å². The number of β-amino-alcohol motifs (C(OH)–C–C–N with tert-alkyl or cyclic N) is 1. The molecule has 3 aliphatic rings. The Balaban J connectivity index is 1.28. The van der Waals surface area contributed by atoms with Crippen molar-refractivity contribution in [3.8, 4) is 0 Å². The predicted molar refractivity (Wildman–Crippen MR) is 172 cm³/mol. The average molecular weight is 658 g/mol. The van der Waals surface area contributed by atoms with Crippen LogP contribution in [0.2, 0.25) is 10.0 Å². The van der Waals surface area contributed by atoms with E-state index in [-0.39, 0.29) is 44.7 Å². The Hall–Kier alpha value is -3.15. The summed E-state index contributed by atoms with van der Waals surface area (Å²) in [7, 11) is -3.85. The van der Waals surface area contributed by atoms with Gasteiger partial charge in [0.15, 0.2) is 9.84 Å². The molecule has 2 saturated heterocycles. The van der Waals surface area contributed by atoms with Crippen molar-refractivity contribution < 1.29 is 23.1 Å². The van der Waals surface area contributed by atoms with E-state index in [4.69, 9.17) is 23.2 Å². The van der Waals surface area contributed by atoms with Crippen molar-refractivity contribution in [1.82, 2.24) is 14.8 Å². The number of nitrogens with zero attached hydrogens (tertiary/aromatic N) is 2. The van der Waals surface area contributed by atoms with E-state index in [1.54, 1.807) is 30.3 Å². The van der Waals surface area contributed by atoms with E-state index in [9.17, 15) is 23.1 Å². The Bertz CT molecular complexity index is 1780. The summed E-state index contributed by atoms with van der Waals surface area (Å²) in [5.74, 6) is -0.803. The Kier molecular flexibility index (Phi) is 8.40. The number of hydrogen-bond acceptors (Lipinski definition) is 6. The molecule has 232 valence electrons. The summed E-state index contributed by atoms with van der Waals surface area (Å²) in [4.78, 5) is 34.4. The summed E-state index contributed by atoms with van der Waals surface area (Å²) >= 11 is 12.5. The molecule has 2 fully saturated rings. The molecule has 0 spiro atoms. The molecule has 3 aliphatic heterocycles. The van der Waals surface area contributed by atoms with Crippen molar-refractivity contribution in [2.24, 2.45) is 0 Å². The number of aromatic nitrogens is 1. The van der Waals surface area contributed by atoms with E-state index in [2.05, 4.69) is 15.2 Å². The molecule has 0 bridgehead atoms. The van der Waals surface area contributed by atoms with Crippen LogP contribution in [0.25, 0.3) is 11.6 Å². The summed E-state index contributed by atoms with van der Waals surface area (Å²) < 4.78 is 26.8. The zero-order valence-electron chi connectivity index (χ0n) is 24.5. The molecule has 3 aromatic rings. The minimum absolute atomic E-state index is 0.0375. The zero-order valence-corrected chi connectivity index (χ0v) is 26.8. The van der Waals surface area contributed by atoms with Crippen molar-refractivity contribution in [3.63, 3.8) is 0 Å². The molecule has 2 amide bonds. The summed E-state index contributed by atoms with van der Waals surface area (Å²) in [6, 6.07) is 9.43. The van der Waals surface area contributed by atoms with E-state index in [1.165, 1.54) is 12.1 Å². The molecule has 44 heavy (non-hydrogen) atoms. The molecule has 0 radical (unpaired) electrons. The lowest BCUT2D eigenvalue weighted by molar-refractivity contribution is -0.110. The van der Waals surface area contributed by atoms with Crippen molar-refractivity contribution in [1.29, 1.82) is 0 Å². The molecule has 3 N–H and O–H groups in total. The van der Waals surface area contributed by atoms with Crippen molar-refractivity contribution in [2.45, 2.75) is 55.9 Å². The van der Waals surface area contributed by atoms with Crippen molar-refractivity contribution in [2.75, 3.05) is 31.5 Å². The standard InChI is InChI=1S/C32H34Cl2N4O5S/c1-18-29(35-19(2)30(18)32(41)38-11-4-5-20(38)15-37-12-10-21(39)16-37)14-24-23-13-22(8-9-28(23)36-31(24)40)44(42,43)17-25-26(33)6-3-7-27(25)34/h3,6-9,13-14,20-21,35,39H,4-5,10-12,15-17H2,1-2H3,(H,36,40)/b24-14-/t20-,21+/m0/s1. The van der Waals surface area contributed by atoms with Crippen molar-refractivity contribution in [3.05, 3.63) is 80.1 Å². The van der Waals surface area contributed by atoms with Crippen LogP contribution in [-0.2, 0) is 20.4 Å². The van der Waals surface area contributed by atoms with Gasteiger partial charge in [0, 0.05) is 70.5 Å². The molecule has 6 rings (SSSR count). The second-order valence-electron chi connectivity index (χ2n) is 11.8. The van der Waals surface area contributed by atoms with Crippen LogP contribution in [0.15, 0.2) is 41.3 Å². The minimum Gasteiger partial charge on any atom is -0.392 e. The number of hydrogen-bond donors (Lipinski definition) is 3. The first kappa shape index (κ1) is 30.9. The lowest BCUT2D eigenvalue weighted by Crippen LogP contribution is -2.43. The maximum Gasteiger partial charge on any atom is 0.256 e. The van der Waals surface area contributed by atoms with Gasteiger partial charge in [-0.3, -0.25) is 14.5 Å². The lowest BCUT2D eigenvalue weighted by atomic mass is 10.0. The second-order valence-corrected chi connectivity index (χ2v) is 14.6. The van der Waals surface area contributed by atoms with E-state index in [0.29, 0.717) is 52.4 Å². The molecular formula is C32H34Cl2N4O5S. The molecule has 0 aliphatic carbocycles. The van der Waals surface area contributed by atoms with E-state index >= 15 is 0 Å². The highest BCUT2D eigenvalue weighted by Gasteiger charge is 2.35. The number of rotatable bonds is 7. The summed E-state index contributed by atoms with van der Waals surface area (Å²) in [6.07, 6.45) is 3.98. The van der Waals surface area contributed by atoms with Gasteiger partial charge in [-0.05, 0) is 75.1 Å². The van der Waals surface area contributed by atoms with E-state index < -0.39 is 9.84 Å². The fraction of sp³-hybridized carbons (Fsp3) is 0.375. The number of sulfone groups is 1. The third-order valence-electron chi connectivity index (χ3n) is 8.86. The van der Waals surface area contributed by atoms with Crippen LogP contribution in [0.3, 0.4) is 0 Å². The van der Waals surface area contributed by atoms with Gasteiger partial charge < -0.3 is 20.3 Å². The number of aliphatic hydroxyl groups excluding tert-OH is 1. The number of carbonyl (C=O) groups is 2. The third-order valence-corrected chi connectivity index (χ3v) is 11.2. The number of aromatic amines is 1. The average Bonchev–Trinajstić information content (AvgIpc) is 3.73. The second kappa shape index (κ2) is 12.0. The number of aryl methyl sites for hydroxylation is 1. The van der Waals surface area contributed by atoms with E-state index in [0.717, 1.165) is 37.9 Å². The van der Waals surface area contributed by atoms with Gasteiger partial charge in [-0.15, -0.1) is 0 Å². The van der Waals surface area contributed by atoms with Gasteiger partial charge in [-0.1, -0.05) is 29.3 Å². The smallest absolute Gasteiger partial charge is 0.256 e. The van der Waals surface area contributed by atoms with E-state index in [1.807, 2.05) is 18.7 Å². The number of halogens is 2. The number of likely N-dealkylation sites (tertiary alicyclic amines) is 2. The monoisotopic (exact) mass is 656 g/mol. The first-order chi connectivity index (χ1) is 20.9. The molecular weight excluding hydrogens is 623 g/mol. The number of anilines is 1. The highest BCUT2D eigenvalue weighted by Crippen LogP contribution is 2.37. The molecule has 2 atom stereocenters. The first-order valence-electron chi connectivity index (χ1n) is 14.7. The summed E-state index contributed by atoms with van der Waals surface area (Å²) in [6.45, 7) is 6.59. The van der Waals surface area contributed by atoms with Crippen LogP contribution in [-0.4, -0.2) is 78.4 Å². The Labute approximate surface area is 266 Å². The first-order valence-corrected chi connectivity index (χ1v) is 17.1. The van der Waals surface area contributed by atoms with Gasteiger partial charge in [-0.25, -0.2) is 8.42 Å². The van der Waals surface area contributed by atoms with Gasteiger partial charge >= 0.3 is 0 Å². The van der Waals surface area contributed by atoms with Gasteiger partial charge in [0.2, 0.25) is 0 Å². The number of amides is 2. The molecule has 0 unspecified atom stereocenters. The van der Waals surface area contributed by atoms with Gasteiger partial charge in [0.25, 0.3) is 11.8 Å². The number of benzene rings is 2. The summed E-state index contributed by atoms with van der Waals surface area (Å²) in [5, 5.41) is 13.3. The third kappa shape index (κ3) is 5.81. The Morgan fingerprint density at radius 1 is 1.11 bits per heavy atom. The lowest BCUT2D eigenvalue weighted by Gasteiger charge is -2.29. The maximum atomic E-state index is 13.9. The van der Waals surface area contributed by atoms with Crippen LogP contribution in [0.4, 0.5) is 5.69 Å². The summed E-state index contributed by atoms with van der Waals surface area (Å²) in [5.41, 5.74) is 4.18. The maximum absolute atomic E-state index is 13.9. The van der Waals surface area contributed by atoms with Gasteiger partial charge in [-0.2, -0.15) is 0 Å². The predicted octanol–water partition coefficient (Wildman–Crippen LogP) is 5.08. The van der Waals surface area contributed by atoms with Crippen molar-refractivity contribution >= 4 is 62.2 Å². The van der Waals surface area contributed by atoms with Crippen LogP contribution < -0.4 is 5.32 Å². The SMILES string of the molecule is Cc1[nH]c(/C=C2\C(=O)Nc3ccc(S(=O)(=O)Cc4c(Cl)cccc4Cl)cc32)c(C)c1C(=O)N1CCC[C@H]1CN1CC[C@@H](O)C1. The minimum atomic E-state index is -3.85. The number of aliphatic hydroxyl groups is 1. The number of fused-ring (bicyclic) bond motifs is 1. The fourth-order valence-corrected chi connectivity index (χ4v) is 8.66. The van der Waals surface area contributed by atoms with Crippen LogP contribution in [0.5, 0.6) is 0 Å². The molecule has 12 heteroatoms. The van der Waals surface area contributed by atoms with Crippen LogP contribution in [0.1, 0.15) is 57.7 Å². The molecule has 9 nitrogen and oxygen atoms in total. The highest BCUT2D eigenvalue weighted by molar-refractivity contribution is 7.90. The number of H-pyrrole nitrogens is 1. The Morgan fingerprint density at radius 2 is 1.86 bits per heavy atom. The molecule has 2 aromatic carbocycles. The molecule has 1 aromatic heterocycles. The highest BCUT2D eigenvalue weighted by atomic mass is 35.5. The molecule has 4 heterocycles. The van der Waals surface area contributed by atoms with Gasteiger partial charge in [0.05, 0.1) is 27.9 Å². The fourth-order valence-electron chi connectivity index (χ4n) is 6.54. The normalized spacial score (nSPS) is 21.3. The Morgan fingerprint density at radius 3 is 2.57 bits per heavy atom. The zero-order chi connectivity index (χ0) is 31.3. The molecule has 0 saturated carbocycles. The quantitative estimate of drug-likeness (QED) is 0.305.